The molecule has 0 aliphatic carbocycles. The number of halogens is 1. The fourth-order valence-electron chi connectivity index (χ4n) is 2.27. The number of carboxylic acid groups (broad SMARTS) is 1. The van der Waals surface area contributed by atoms with E-state index in [1.54, 1.807) is 12.1 Å². The van der Waals surface area contributed by atoms with Gasteiger partial charge in [0.25, 0.3) is 0 Å². The van der Waals surface area contributed by atoms with E-state index in [1.165, 1.54) is 4.90 Å². The molecule has 1 aliphatic heterocycles. The molecule has 0 radical (unpaired) electrons. The highest BCUT2D eigenvalue weighted by Crippen LogP contribution is 2.26. The third-order valence-electron chi connectivity index (χ3n) is 3.41. The maximum atomic E-state index is 10.8. The Morgan fingerprint density at radius 1 is 1.28 bits per heavy atom. The number of benzene rings is 1. The van der Waals surface area contributed by atoms with Gasteiger partial charge in [-0.25, -0.2) is 4.79 Å². The summed E-state index contributed by atoms with van der Waals surface area (Å²) >= 11 is 5.81. The molecule has 5 heteroatoms. The van der Waals surface area contributed by atoms with Crippen LogP contribution < -0.4 is 0 Å². The second-order valence-electron chi connectivity index (χ2n) is 4.80. The van der Waals surface area contributed by atoms with Crippen LogP contribution in [0.3, 0.4) is 0 Å². The summed E-state index contributed by atoms with van der Waals surface area (Å²) in [6, 6.07) is 7.38. The summed E-state index contributed by atoms with van der Waals surface area (Å²) in [5.41, 5.74) is 0.213. The molecule has 0 unspecified atom stereocenters. The lowest BCUT2D eigenvalue weighted by molar-refractivity contribution is -0.0162. The summed E-state index contributed by atoms with van der Waals surface area (Å²) in [6.45, 7) is 0.777. The van der Waals surface area contributed by atoms with Crippen molar-refractivity contribution in [3.05, 3.63) is 34.9 Å². The van der Waals surface area contributed by atoms with Crippen molar-refractivity contribution in [2.45, 2.75) is 24.9 Å². The molecule has 98 valence electrons. The predicted octanol–water partition coefficient (Wildman–Crippen LogP) is 2.39. The summed E-state index contributed by atoms with van der Waals surface area (Å²) in [6.07, 6.45) is 0.574. The Hall–Kier alpha value is -1.26. The van der Waals surface area contributed by atoms with Gasteiger partial charge in [-0.1, -0.05) is 23.7 Å². The number of nitrogens with zero attached hydrogens (tertiary/aromatic N) is 1. The van der Waals surface area contributed by atoms with Crippen LogP contribution in [0.15, 0.2) is 24.3 Å². The van der Waals surface area contributed by atoms with Crippen LogP contribution in [0.1, 0.15) is 18.4 Å². The van der Waals surface area contributed by atoms with E-state index >= 15 is 0 Å². The Labute approximate surface area is 111 Å². The number of amides is 1. The van der Waals surface area contributed by atoms with Crippen molar-refractivity contribution in [1.82, 2.24) is 4.90 Å². The van der Waals surface area contributed by atoms with Gasteiger partial charge >= 0.3 is 6.09 Å². The molecular formula is C13H16ClNO3. The summed E-state index contributed by atoms with van der Waals surface area (Å²) in [5, 5.41) is 20.0. The molecule has 1 heterocycles. The molecule has 1 amide bonds. The SMILES string of the molecule is O=C(O)N1CCC(O)(Cc2ccc(Cl)cc2)CC1. The van der Waals surface area contributed by atoms with Gasteiger partial charge in [-0.3, -0.25) is 0 Å². The Kier molecular flexibility index (Phi) is 3.78. The quantitative estimate of drug-likeness (QED) is 0.867. The highest BCUT2D eigenvalue weighted by Gasteiger charge is 2.33. The zero-order chi connectivity index (χ0) is 13.2. The average Bonchev–Trinajstić information content (AvgIpc) is 2.32. The Morgan fingerprint density at radius 3 is 2.33 bits per heavy atom. The van der Waals surface area contributed by atoms with Gasteiger partial charge in [0, 0.05) is 24.5 Å². The number of rotatable bonds is 2. The highest BCUT2D eigenvalue weighted by molar-refractivity contribution is 6.30. The van der Waals surface area contributed by atoms with Gasteiger partial charge in [-0.2, -0.15) is 0 Å². The van der Waals surface area contributed by atoms with Gasteiger partial charge in [0.15, 0.2) is 0 Å². The van der Waals surface area contributed by atoms with E-state index in [-0.39, 0.29) is 0 Å². The van der Waals surface area contributed by atoms with E-state index in [0.29, 0.717) is 37.4 Å². The third-order valence-corrected chi connectivity index (χ3v) is 3.66. The highest BCUT2D eigenvalue weighted by atomic mass is 35.5. The van der Waals surface area contributed by atoms with Crippen molar-refractivity contribution >= 4 is 17.7 Å². The van der Waals surface area contributed by atoms with Crippen molar-refractivity contribution in [2.24, 2.45) is 0 Å². The molecule has 2 N–H and O–H groups in total. The molecule has 0 saturated carbocycles. The second kappa shape index (κ2) is 5.16. The normalized spacial score (nSPS) is 18.7. The molecule has 1 fully saturated rings. The van der Waals surface area contributed by atoms with Crippen molar-refractivity contribution in [3.8, 4) is 0 Å². The predicted molar refractivity (Wildman–Crippen MR) is 68.9 cm³/mol. The molecule has 0 bridgehead atoms. The number of piperidine rings is 1. The van der Waals surface area contributed by atoms with Crippen LogP contribution >= 0.6 is 11.6 Å². The van der Waals surface area contributed by atoms with Crippen LogP contribution in [0, 0.1) is 0 Å². The number of hydrogen-bond acceptors (Lipinski definition) is 2. The molecule has 0 atom stereocenters. The molecule has 0 spiro atoms. The van der Waals surface area contributed by atoms with Gasteiger partial charge < -0.3 is 15.1 Å². The molecular weight excluding hydrogens is 254 g/mol. The first-order chi connectivity index (χ1) is 8.48. The van der Waals surface area contributed by atoms with Crippen LogP contribution in [0.5, 0.6) is 0 Å². The number of carbonyl (C=O) groups is 1. The molecule has 1 aromatic rings. The lowest BCUT2D eigenvalue weighted by Gasteiger charge is -2.37. The molecule has 0 aromatic heterocycles. The van der Waals surface area contributed by atoms with Gasteiger partial charge in [0.1, 0.15) is 0 Å². The van der Waals surface area contributed by atoms with Crippen LogP contribution in [0.4, 0.5) is 4.79 Å². The monoisotopic (exact) mass is 269 g/mol. The Bertz CT molecular complexity index is 424. The molecule has 18 heavy (non-hydrogen) atoms. The van der Waals surface area contributed by atoms with E-state index in [4.69, 9.17) is 16.7 Å². The lowest BCUT2D eigenvalue weighted by Crippen LogP contribution is -2.47. The zero-order valence-electron chi connectivity index (χ0n) is 9.97. The second-order valence-corrected chi connectivity index (χ2v) is 5.23. The third kappa shape index (κ3) is 3.15. The van der Waals surface area contributed by atoms with Crippen molar-refractivity contribution < 1.29 is 15.0 Å². The van der Waals surface area contributed by atoms with Gasteiger partial charge in [0.2, 0.25) is 0 Å². The summed E-state index contributed by atoms with van der Waals surface area (Å²) in [7, 11) is 0. The van der Waals surface area contributed by atoms with Crippen LogP contribution in [-0.4, -0.2) is 39.9 Å². The van der Waals surface area contributed by atoms with E-state index < -0.39 is 11.7 Å². The molecule has 2 rings (SSSR count). The molecule has 1 aromatic carbocycles. The van der Waals surface area contributed by atoms with Crippen molar-refractivity contribution in [3.63, 3.8) is 0 Å². The van der Waals surface area contributed by atoms with E-state index in [1.807, 2.05) is 12.1 Å². The Balaban J connectivity index is 1.97. The number of aliphatic hydroxyl groups is 1. The smallest absolute Gasteiger partial charge is 0.407 e. The first-order valence-corrected chi connectivity index (χ1v) is 6.31. The van der Waals surface area contributed by atoms with Gasteiger partial charge in [-0.05, 0) is 30.5 Å². The first-order valence-electron chi connectivity index (χ1n) is 5.93. The minimum Gasteiger partial charge on any atom is -0.465 e. The molecule has 1 saturated heterocycles. The fourth-order valence-corrected chi connectivity index (χ4v) is 2.40. The standard InChI is InChI=1S/C13H16ClNO3/c14-11-3-1-10(2-4-11)9-13(18)5-7-15(8-6-13)12(16)17/h1-4,18H,5-9H2,(H,16,17). The van der Waals surface area contributed by atoms with E-state index in [9.17, 15) is 9.90 Å². The average molecular weight is 270 g/mol. The topological polar surface area (TPSA) is 60.8 Å². The first kappa shape index (κ1) is 13.2. The minimum absolute atomic E-state index is 0.388. The maximum Gasteiger partial charge on any atom is 0.407 e. The largest absolute Gasteiger partial charge is 0.465 e. The maximum absolute atomic E-state index is 10.8. The zero-order valence-corrected chi connectivity index (χ0v) is 10.7. The van der Waals surface area contributed by atoms with Gasteiger partial charge in [0.05, 0.1) is 5.60 Å². The van der Waals surface area contributed by atoms with E-state index in [0.717, 1.165) is 5.56 Å². The summed E-state index contributed by atoms with van der Waals surface area (Å²) in [5.74, 6) is 0. The lowest BCUT2D eigenvalue weighted by atomic mass is 9.85. The number of hydrogen-bond donors (Lipinski definition) is 2. The molecule has 4 nitrogen and oxygen atoms in total. The van der Waals surface area contributed by atoms with Crippen molar-refractivity contribution in [1.29, 1.82) is 0 Å². The summed E-state index contributed by atoms with van der Waals surface area (Å²) < 4.78 is 0. The van der Waals surface area contributed by atoms with E-state index in [2.05, 4.69) is 0 Å². The fraction of sp³-hybridized carbons (Fsp3) is 0.462. The van der Waals surface area contributed by atoms with Crippen LogP contribution in [0.25, 0.3) is 0 Å². The number of likely N-dealkylation sites (tertiary alicyclic amines) is 1. The Morgan fingerprint density at radius 2 is 1.83 bits per heavy atom. The minimum atomic E-state index is -0.913. The summed E-state index contributed by atoms with van der Waals surface area (Å²) in [4.78, 5) is 12.1. The van der Waals surface area contributed by atoms with Crippen LogP contribution in [-0.2, 0) is 6.42 Å². The van der Waals surface area contributed by atoms with Gasteiger partial charge in [-0.15, -0.1) is 0 Å². The molecule has 1 aliphatic rings. The van der Waals surface area contributed by atoms with Crippen molar-refractivity contribution in [2.75, 3.05) is 13.1 Å². The van der Waals surface area contributed by atoms with Crippen LogP contribution in [0.2, 0.25) is 5.02 Å².